The predicted molar refractivity (Wildman–Crippen MR) is 104 cm³/mol. The van der Waals surface area contributed by atoms with Crippen LogP contribution in [-0.2, 0) is 9.22 Å². The zero-order chi connectivity index (χ0) is 18.2. The van der Waals surface area contributed by atoms with Crippen LogP contribution >= 0.6 is 12.2 Å². The number of amides is 1. The van der Waals surface area contributed by atoms with Crippen molar-refractivity contribution < 1.29 is 9.22 Å². The minimum atomic E-state index is -1.10. The van der Waals surface area contributed by atoms with Gasteiger partial charge in [-0.2, -0.15) is 0 Å². The maximum absolute atomic E-state index is 12.4. The lowest BCUT2D eigenvalue weighted by Gasteiger charge is -2.49. The summed E-state index contributed by atoms with van der Waals surface area (Å²) in [6, 6.07) is 0.135. The van der Waals surface area contributed by atoms with Gasteiger partial charge in [0.1, 0.15) is 0 Å². The van der Waals surface area contributed by atoms with E-state index in [-0.39, 0.29) is 40.5 Å². The van der Waals surface area contributed by atoms with Crippen LogP contribution in [0.1, 0.15) is 48.5 Å². The molecule has 0 aromatic heterocycles. The molecule has 1 N–H and O–H groups in total. The topological polar surface area (TPSA) is 38.3 Å². The Bertz CT molecular complexity index is 451. The Labute approximate surface area is 149 Å². The summed E-state index contributed by atoms with van der Waals surface area (Å²) in [6.45, 7) is 20.3. The third-order valence-corrected chi connectivity index (χ3v) is 6.69. The minimum absolute atomic E-state index is 0.00181. The van der Waals surface area contributed by atoms with Crippen LogP contribution in [-0.4, -0.2) is 32.5 Å². The number of thiocarbonyl (C=S) groups is 1. The van der Waals surface area contributed by atoms with Crippen LogP contribution in [0, 0.1) is 28.6 Å². The SMILES string of the molecule is C[C@@H](C(=S)C(C)(C)C)[C@H]1NC(=O)[C@H]1[C@@H](CO[SiH](C)C)C(C)(C)C. The van der Waals surface area contributed by atoms with Gasteiger partial charge >= 0.3 is 0 Å². The number of carbonyl (C=O) groups excluding carboxylic acids is 1. The van der Waals surface area contributed by atoms with Gasteiger partial charge in [-0.25, -0.2) is 0 Å². The first-order valence-electron chi connectivity index (χ1n) is 8.73. The van der Waals surface area contributed by atoms with Gasteiger partial charge in [0.2, 0.25) is 5.91 Å². The molecule has 1 aliphatic heterocycles. The molecule has 0 saturated carbocycles. The molecule has 0 unspecified atom stereocenters. The number of β-lactam (4-membered cyclic amide) rings is 1. The van der Waals surface area contributed by atoms with Gasteiger partial charge in [-0.1, -0.05) is 60.7 Å². The Morgan fingerprint density at radius 1 is 1.26 bits per heavy atom. The second-order valence-corrected chi connectivity index (χ2v) is 12.2. The number of hydrogen-bond acceptors (Lipinski definition) is 3. The van der Waals surface area contributed by atoms with E-state index in [0.717, 1.165) is 4.86 Å². The largest absolute Gasteiger partial charge is 0.420 e. The number of rotatable bonds is 6. The van der Waals surface area contributed by atoms with E-state index in [1.165, 1.54) is 0 Å². The summed E-state index contributed by atoms with van der Waals surface area (Å²) >= 11 is 5.69. The fraction of sp³-hybridized carbons (Fsp3) is 0.889. The molecule has 0 bridgehead atoms. The zero-order valence-corrected chi connectivity index (χ0v) is 18.3. The van der Waals surface area contributed by atoms with Gasteiger partial charge in [0.25, 0.3) is 0 Å². The van der Waals surface area contributed by atoms with Crippen molar-refractivity contribution in [1.29, 1.82) is 0 Å². The Hall–Kier alpha value is -0.263. The van der Waals surface area contributed by atoms with E-state index in [9.17, 15) is 4.79 Å². The van der Waals surface area contributed by atoms with E-state index in [1.54, 1.807) is 0 Å². The molecule has 1 saturated heterocycles. The maximum Gasteiger partial charge on any atom is 0.225 e. The normalized spacial score (nSPS) is 24.9. The maximum atomic E-state index is 12.4. The second kappa shape index (κ2) is 7.32. The van der Waals surface area contributed by atoms with Crippen molar-refractivity contribution in [3.05, 3.63) is 0 Å². The van der Waals surface area contributed by atoms with E-state index >= 15 is 0 Å². The molecule has 0 spiro atoms. The summed E-state index contributed by atoms with van der Waals surface area (Å²) < 4.78 is 6.02. The molecule has 134 valence electrons. The van der Waals surface area contributed by atoms with E-state index in [2.05, 4.69) is 66.9 Å². The van der Waals surface area contributed by atoms with Crippen molar-refractivity contribution in [3.63, 3.8) is 0 Å². The highest BCUT2D eigenvalue weighted by molar-refractivity contribution is 7.80. The summed E-state index contributed by atoms with van der Waals surface area (Å²) in [5.41, 5.74) is 0.0191. The van der Waals surface area contributed by atoms with Crippen molar-refractivity contribution in [1.82, 2.24) is 5.32 Å². The lowest BCUT2D eigenvalue weighted by molar-refractivity contribution is -0.143. The Kier molecular flexibility index (Phi) is 6.61. The van der Waals surface area contributed by atoms with Crippen LogP contribution in [0.3, 0.4) is 0 Å². The van der Waals surface area contributed by atoms with E-state index < -0.39 is 9.04 Å². The standard InChI is InChI=1S/C18H35NO2SSi/c1-11(15(22)18(5,6)7)14-13(16(20)19-14)12(17(2,3)4)10-21-23(8)9/h11-14,23H,10H2,1-9H3,(H,19,20)/t11-,12-,13+,14-/m1/s1. The zero-order valence-electron chi connectivity index (χ0n) is 16.3. The fourth-order valence-electron chi connectivity index (χ4n) is 3.32. The average Bonchev–Trinajstić information content (AvgIpc) is 2.36. The van der Waals surface area contributed by atoms with Crippen LogP contribution in [0.25, 0.3) is 0 Å². The molecule has 4 atom stereocenters. The van der Waals surface area contributed by atoms with Crippen molar-refractivity contribution in [2.24, 2.45) is 28.6 Å². The van der Waals surface area contributed by atoms with Gasteiger partial charge in [0, 0.05) is 23.4 Å². The van der Waals surface area contributed by atoms with E-state index in [4.69, 9.17) is 16.6 Å². The highest BCUT2D eigenvalue weighted by Crippen LogP contribution is 2.41. The molecule has 0 aromatic carbocycles. The Morgan fingerprint density at radius 3 is 2.13 bits per heavy atom. The summed E-state index contributed by atoms with van der Waals surface area (Å²) in [6.07, 6.45) is 0. The molecule has 1 fully saturated rings. The van der Waals surface area contributed by atoms with Crippen LogP contribution in [0.2, 0.25) is 13.1 Å². The molecule has 1 rings (SSSR count). The lowest BCUT2D eigenvalue weighted by Crippen LogP contribution is -2.66. The van der Waals surface area contributed by atoms with Gasteiger partial charge < -0.3 is 9.74 Å². The van der Waals surface area contributed by atoms with Crippen molar-refractivity contribution in [3.8, 4) is 0 Å². The Balaban J connectivity index is 2.96. The monoisotopic (exact) mass is 357 g/mol. The van der Waals surface area contributed by atoms with Crippen molar-refractivity contribution in [2.75, 3.05) is 6.61 Å². The molecule has 0 radical (unpaired) electrons. The van der Waals surface area contributed by atoms with E-state index in [0.29, 0.717) is 6.61 Å². The van der Waals surface area contributed by atoms with Gasteiger partial charge in [-0.3, -0.25) is 4.79 Å². The molecule has 1 amide bonds. The lowest BCUT2D eigenvalue weighted by atomic mass is 9.64. The third kappa shape index (κ3) is 5.10. The highest BCUT2D eigenvalue weighted by atomic mass is 32.1. The number of carbonyl (C=O) groups is 1. The minimum Gasteiger partial charge on any atom is -0.420 e. The molecular formula is C18H35NO2SSi. The molecule has 23 heavy (non-hydrogen) atoms. The fourth-order valence-corrected chi connectivity index (χ4v) is 4.06. The van der Waals surface area contributed by atoms with Crippen LogP contribution in [0.15, 0.2) is 0 Å². The molecule has 0 aliphatic carbocycles. The molecule has 0 aromatic rings. The van der Waals surface area contributed by atoms with Gasteiger partial charge in [-0.05, 0) is 29.8 Å². The Morgan fingerprint density at radius 2 is 1.78 bits per heavy atom. The smallest absolute Gasteiger partial charge is 0.225 e. The summed E-state index contributed by atoms with van der Waals surface area (Å²) in [4.78, 5) is 13.4. The average molecular weight is 358 g/mol. The number of hydrogen-bond donors (Lipinski definition) is 1. The van der Waals surface area contributed by atoms with Crippen LogP contribution in [0.4, 0.5) is 0 Å². The van der Waals surface area contributed by atoms with Crippen molar-refractivity contribution in [2.45, 2.75) is 67.6 Å². The third-order valence-electron chi connectivity index (χ3n) is 4.84. The first-order valence-corrected chi connectivity index (χ1v) is 11.9. The molecule has 1 heterocycles. The van der Waals surface area contributed by atoms with Crippen LogP contribution < -0.4 is 5.32 Å². The molecule has 3 nitrogen and oxygen atoms in total. The van der Waals surface area contributed by atoms with Gasteiger partial charge in [-0.15, -0.1) is 0 Å². The highest BCUT2D eigenvalue weighted by Gasteiger charge is 2.51. The quantitative estimate of drug-likeness (QED) is 0.446. The van der Waals surface area contributed by atoms with Crippen molar-refractivity contribution >= 4 is 32.0 Å². The molecule has 1 aliphatic rings. The summed E-state index contributed by atoms with van der Waals surface area (Å²) in [7, 11) is -1.10. The van der Waals surface area contributed by atoms with Crippen LogP contribution in [0.5, 0.6) is 0 Å². The summed E-state index contributed by atoms with van der Waals surface area (Å²) in [5, 5.41) is 3.12. The van der Waals surface area contributed by atoms with Gasteiger partial charge in [0.15, 0.2) is 9.04 Å². The number of nitrogens with one attached hydrogen (secondary N) is 1. The van der Waals surface area contributed by atoms with Gasteiger partial charge in [0.05, 0.1) is 5.92 Å². The first-order chi connectivity index (χ1) is 10.3. The first kappa shape index (κ1) is 20.8. The molecular weight excluding hydrogens is 322 g/mol. The second-order valence-electron chi connectivity index (χ2n) is 9.32. The predicted octanol–water partition coefficient (Wildman–Crippen LogP) is 3.82. The summed E-state index contributed by atoms with van der Waals surface area (Å²) in [5.74, 6) is 0.584. The van der Waals surface area contributed by atoms with E-state index in [1.807, 2.05) is 0 Å². The molecule has 5 heteroatoms.